The number of hydrogen-bond donors (Lipinski definition) is 1. The van der Waals surface area contributed by atoms with Crippen LogP contribution in [0, 0.1) is 0 Å². The highest BCUT2D eigenvalue weighted by Crippen LogP contribution is 2.39. The van der Waals surface area contributed by atoms with E-state index in [2.05, 4.69) is 0 Å². The van der Waals surface area contributed by atoms with Gasteiger partial charge in [0.1, 0.15) is 5.69 Å². The van der Waals surface area contributed by atoms with Gasteiger partial charge >= 0.3 is 5.97 Å². The highest BCUT2D eigenvalue weighted by Gasteiger charge is 2.24. The molecule has 0 aromatic heterocycles. The van der Waals surface area contributed by atoms with Crippen LogP contribution >= 0.6 is 46.4 Å². The van der Waals surface area contributed by atoms with Gasteiger partial charge in [0.25, 0.3) is 0 Å². The Hall–Kier alpha value is -0.970. The van der Waals surface area contributed by atoms with Gasteiger partial charge in [-0.2, -0.15) is 0 Å². The van der Waals surface area contributed by atoms with Crippen LogP contribution in [0.15, 0.2) is 30.3 Å². The average Bonchev–Trinajstić information content (AvgIpc) is 2.42. The zero-order chi connectivity index (χ0) is 17.4. The van der Waals surface area contributed by atoms with E-state index in [-0.39, 0.29) is 11.0 Å². The summed E-state index contributed by atoms with van der Waals surface area (Å²) in [4.78, 5) is 11.0. The summed E-state index contributed by atoms with van der Waals surface area (Å²) in [6.07, 6.45) is 0. The van der Waals surface area contributed by atoms with Crippen molar-refractivity contribution < 1.29 is 9.90 Å². The van der Waals surface area contributed by atoms with Crippen molar-refractivity contribution in [3.05, 3.63) is 50.4 Å². The molecule has 1 N–H and O–H groups in total. The number of halogens is 4. The molecule has 0 unspecified atom stereocenters. The molecule has 7 heteroatoms. The van der Waals surface area contributed by atoms with E-state index in [0.29, 0.717) is 31.2 Å². The van der Waals surface area contributed by atoms with E-state index in [4.69, 9.17) is 51.5 Å². The highest BCUT2D eigenvalue weighted by molar-refractivity contribution is 6.44. The summed E-state index contributed by atoms with van der Waals surface area (Å²) in [7, 11) is 3.59. The molecule has 0 spiro atoms. The molecule has 122 valence electrons. The Morgan fingerprint density at radius 2 is 1.48 bits per heavy atom. The molecule has 0 aliphatic heterocycles. The Morgan fingerprint density at radius 1 is 0.913 bits per heavy atom. The molecule has 2 aromatic rings. The molecule has 0 saturated carbocycles. The van der Waals surface area contributed by atoms with Gasteiger partial charge < -0.3 is 5.11 Å². The fourth-order valence-electron chi connectivity index (χ4n) is 2.26. The Kier molecular flexibility index (Phi) is 5.49. The molecule has 2 aromatic carbocycles. The second-order valence-electron chi connectivity index (χ2n) is 5.65. The third-order valence-electron chi connectivity index (χ3n) is 3.48. The number of quaternary nitrogens is 1. The van der Waals surface area contributed by atoms with Crippen LogP contribution in [0.5, 0.6) is 0 Å². The van der Waals surface area contributed by atoms with Gasteiger partial charge in [0.2, 0.25) is 0 Å². The maximum Gasteiger partial charge on any atom is 0.359 e. The van der Waals surface area contributed by atoms with Crippen LogP contribution in [0.1, 0.15) is 0 Å². The van der Waals surface area contributed by atoms with Crippen LogP contribution in [-0.2, 0) is 4.79 Å². The molecular formula is C16H14Cl4NO2+. The number of carbonyl (C=O) groups is 1. The highest BCUT2D eigenvalue weighted by atomic mass is 35.5. The van der Waals surface area contributed by atoms with Crippen molar-refractivity contribution in [1.29, 1.82) is 0 Å². The van der Waals surface area contributed by atoms with E-state index >= 15 is 0 Å². The zero-order valence-corrected chi connectivity index (χ0v) is 15.4. The molecule has 0 saturated heterocycles. The quantitative estimate of drug-likeness (QED) is 0.540. The smallest absolute Gasteiger partial charge is 0.359 e. The Balaban J connectivity index is 2.49. The number of nitrogens with zero attached hydrogens (tertiary/aromatic N) is 1. The Labute approximate surface area is 154 Å². The van der Waals surface area contributed by atoms with E-state index < -0.39 is 5.97 Å². The first-order valence-electron chi connectivity index (χ1n) is 6.61. The molecule has 0 aliphatic rings. The average molecular weight is 394 g/mol. The van der Waals surface area contributed by atoms with Crippen molar-refractivity contribution in [3.63, 3.8) is 0 Å². The number of hydrogen-bond acceptors (Lipinski definition) is 1. The lowest BCUT2D eigenvalue weighted by molar-refractivity contribution is -0.137. The summed E-state index contributed by atoms with van der Waals surface area (Å²) in [6.45, 7) is -0.0524. The van der Waals surface area contributed by atoms with Crippen LogP contribution in [-0.4, -0.2) is 31.7 Å². The zero-order valence-electron chi connectivity index (χ0n) is 12.4. The summed E-state index contributed by atoms with van der Waals surface area (Å²) in [5, 5.41) is 10.7. The van der Waals surface area contributed by atoms with Crippen molar-refractivity contribution in [2.24, 2.45) is 0 Å². The van der Waals surface area contributed by atoms with E-state index in [0.717, 1.165) is 5.69 Å². The SMILES string of the molecule is C[N+](C)(CC(=O)O)c1ccc(-c2cc(Cl)c(Cl)cc2Cl)c(Cl)c1. The lowest BCUT2D eigenvalue weighted by atomic mass is 10.0. The molecular weight excluding hydrogens is 380 g/mol. The Morgan fingerprint density at radius 3 is 2.04 bits per heavy atom. The Bertz CT molecular complexity index is 775. The number of likely N-dealkylation sites (N-methyl/N-ethyl adjacent to an activating group) is 1. The number of benzene rings is 2. The largest absolute Gasteiger partial charge is 0.477 e. The molecule has 0 bridgehead atoms. The van der Waals surface area contributed by atoms with E-state index in [1.54, 1.807) is 38.4 Å². The number of aliphatic carboxylic acids is 1. The first-order chi connectivity index (χ1) is 10.6. The first kappa shape index (κ1) is 18.4. The molecule has 0 fully saturated rings. The lowest BCUT2D eigenvalue weighted by Crippen LogP contribution is -2.44. The van der Waals surface area contributed by atoms with Crippen molar-refractivity contribution in [3.8, 4) is 11.1 Å². The summed E-state index contributed by atoms with van der Waals surface area (Å²) in [5.74, 6) is -0.886. The van der Waals surface area contributed by atoms with Crippen molar-refractivity contribution >= 4 is 58.1 Å². The molecule has 2 rings (SSSR count). The van der Waals surface area contributed by atoms with Gasteiger partial charge in [-0.1, -0.05) is 46.4 Å². The lowest BCUT2D eigenvalue weighted by Gasteiger charge is -2.27. The number of carboxylic acids is 1. The molecule has 0 amide bonds. The van der Waals surface area contributed by atoms with Crippen LogP contribution in [0.3, 0.4) is 0 Å². The predicted molar refractivity (Wildman–Crippen MR) is 98.1 cm³/mol. The minimum Gasteiger partial charge on any atom is -0.477 e. The summed E-state index contributed by atoms with van der Waals surface area (Å²) >= 11 is 24.6. The van der Waals surface area contributed by atoms with Crippen LogP contribution in [0.2, 0.25) is 20.1 Å². The van der Waals surface area contributed by atoms with Gasteiger partial charge in [0.15, 0.2) is 6.54 Å². The van der Waals surface area contributed by atoms with Crippen LogP contribution < -0.4 is 4.48 Å². The molecule has 0 heterocycles. The molecule has 0 aliphatic carbocycles. The maximum atomic E-state index is 11.0. The monoisotopic (exact) mass is 392 g/mol. The third-order valence-corrected chi connectivity index (χ3v) is 4.83. The van der Waals surface area contributed by atoms with Gasteiger partial charge in [0.05, 0.1) is 34.2 Å². The molecule has 0 radical (unpaired) electrons. The van der Waals surface area contributed by atoms with Crippen LogP contribution in [0.25, 0.3) is 11.1 Å². The van der Waals surface area contributed by atoms with E-state index in [1.807, 2.05) is 6.07 Å². The minimum absolute atomic E-state index is 0.0524. The van der Waals surface area contributed by atoms with Gasteiger partial charge in [-0.25, -0.2) is 4.79 Å². The topological polar surface area (TPSA) is 37.3 Å². The molecule has 0 atom stereocenters. The van der Waals surface area contributed by atoms with Gasteiger partial charge in [-0.05, 0) is 24.3 Å². The van der Waals surface area contributed by atoms with E-state index in [1.165, 1.54) is 0 Å². The molecule has 3 nitrogen and oxygen atoms in total. The fraction of sp³-hybridized carbons (Fsp3) is 0.188. The van der Waals surface area contributed by atoms with Gasteiger partial charge in [0, 0.05) is 17.2 Å². The third kappa shape index (κ3) is 4.11. The second kappa shape index (κ2) is 6.88. The summed E-state index contributed by atoms with van der Waals surface area (Å²) < 4.78 is 0.171. The first-order valence-corrected chi connectivity index (χ1v) is 8.13. The summed E-state index contributed by atoms with van der Waals surface area (Å²) in [5.41, 5.74) is 2.15. The maximum absolute atomic E-state index is 11.0. The predicted octanol–water partition coefficient (Wildman–Crippen LogP) is 5.62. The normalized spacial score (nSPS) is 11.6. The van der Waals surface area contributed by atoms with Crippen molar-refractivity contribution in [1.82, 2.24) is 4.48 Å². The summed E-state index contributed by atoms with van der Waals surface area (Å²) in [6, 6.07) is 8.58. The standard InChI is InChI=1S/C16H13Cl4NO2/c1-21(2,8-16(22)23)9-3-4-10(12(17)5-9)11-6-14(19)15(20)7-13(11)18/h3-7H,8H2,1-2H3/p+1. The molecule has 23 heavy (non-hydrogen) atoms. The van der Waals surface area contributed by atoms with Gasteiger partial charge in [-0.15, -0.1) is 0 Å². The van der Waals surface area contributed by atoms with Gasteiger partial charge in [-0.3, -0.25) is 4.48 Å². The number of rotatable bonds is 4. The van der Waals surface area contributed by atoms with Crippen LogP contribution in [0.4, 0.5) is 5.69 Å². The number of carboxylic acid groups (broad SMARTS) is 1. The fourth-order valence-corrected chi connectivity index (χ4v) is 3.18. The minimum atomic E-state index is -0.886. The second-order valence-corrected chi connectivity index (χ2v) is 7.28. The van der Waals surface area contributed by atoms with Crippen molar-refractivity contribution in [2.45, 2.75) is 0 Å². The van der Waals surface area contributed by atoms with E-state index in [9.17, 15) is 4.79 Å². The van der Waals surface area contributed by atoms with Crippen molar-refractivity contribution in [2.75, 3.05) is 20.6 Å².